The number of rotatable bonds is 9. The Hall–Kier alpha value is -3.78. The van der Waals surface area contributed by atoms with Gasteiger partial charge in [-0.1, -0.05) is 48.0 Å². The predicted octanol–water partition coefficient (Wildman–Crippen LogP) is 3.18. The topological polar surface area (TPSA) is 112 Å². The quantitative estimate of drug-likeness (QED) is 0.385. The zero-order valence-electron chi connectivity index (χ0n) is 18.1. The number of amides is 2. The monoisotopic (exact) mass is 468 g/mol. The minimum Gasteiger partial charge on any atom is -0.465 e. The van der Waals surface area contributed by atoms with E-state index in [2.05, 4.69) is 16.1 Å². The van der Waals surface area contributed by atoms with Crippen LogP contribution in [0.5, 0.6) is 0 Å². The van der Waals surface area contributed by atoms with E-state index < -0.39 is 6.09 Å². The third-order valence-electron chi connectivity index (χ3n) is 5.13. The molecule has 4 N–H and O–H groups in total. The molecule has 0 bridgehead atoms. The maximum Gasteiger partial charge on any atom is 0.404 e. The molecule has 33 heavy (non-hydrogen) atoms. The SMILES string of the molecule is Cc1ccn(NCc2ccccc2)c(=O)c1CC(=O)NCc1cc(Cl)ccc1CNC(=O)O. The molecular weight excluding hydrogens is 444 g/mol. The summed E-state index contributed by atoms with van der Waals surface area (Å²) in [6.45, 7) is 2.51. The van der Waals surface area contributed by atoms with Crippen LogP contribution >= 0.6 is 11.6 Å². The molecule has 3 rings (SSSR count). The molecule has 0 aliphatic carbocycles. The highest BCUT2D eigenvalue weighted by molar-refractivity contribution is 6.30. The average Bonchev–Trinajstić information content (AvgIpc) is 2.80. The standard InChI is InChI=1S/C24H25ClN4O4/c1-16-9-10-29(28-13-17-5-3-2-4-6-17)23(31)21(16)12-22(30)26-15-19-11-20(25)8-7-18(19)14-27-24(32)33/h2-11,27-28H,12-15H2,1H3,(H,26,30)(H,32,33). The number of aryl methyl sites for hydroxylation is 1. The van der Waals surface area contributed by atoms with Crippen molar-refractivity contribution in [2.45, 2.75) is 33.0 Å². The zero-order chi connectivity index (χ0) is 23.8. The van der Waals surface area contributed by atoms with E-state index in [4.69, 9.17) is 16.7 Å². The van der Waals surface area contributed by atoms with E-state index in [9.17, 15) is 14.4 Å². The molecule has 0 aliphatic rings. The molecule has 0 unspecified atom stereocenters. The summed E-state index contributed by atoms with van der Waals surface area (Å²) in [6, 6.07) is 16.5. The van der Waals surface area contributed by atoms with Crippen molar-refractivity contribution in [3.63, 3.8) is 0 Å². The summed E-state index contributed by atoms with van der Waals surface area (Å²) in [5.74, 6) is -0.326. The van der Waals surface area contributed by atoms with Gasteiger partial charge in [-0.25, -0.2) is 9.47 Å². The number of hydrogen-bond donors (Lipinski definition) is 4. The number of hydrogen-bond acceptors (Lipinski definition) is 4. The first-order valence-electron chi connectivity index (χ1n) is 10.3. The van der Waals surface area contributed by atoms with Crippen molar-refractivity contribution in [2.75, 3.05) is 5.43 Å². The molecule has 1 aromatic heterocycles. The summed E-state index contributed by atoms with van der Waals surface area (Å²) in [5.41, 5.74) is 6.32. The van der Waals surface area contributed by atoms with Crippen molar-refractivity contribution in [2.24, 2.45) is 0 Å². The van der Waals surface area contributed by atoms with Crippen molar-refractivity contribution in [1.82, 2.24) is 15.3 Å². The third-order valence-corrected chi connectivity index (χ3v) is 5.37. The fourth-order valence-electron chi connectivity index (χ4n) is 3.30. The minimum absolute atomic E-state index is 0.0815. The summed E-state index contributed by atoms with van der Waals surface area (Å²) in [6.07, 6.45) is 0.425. The fourth-order valence-corrected chi connectivity index (χ4v) is 3.49. The Labute approximate surface area is 196 Å². The van der Waals surface area contributed by atoms with Gasteiger partial charge in [-0.2, -0.15) is 0 Å². The Bertz CT molecular complexity index is 1190. The highest BCUT2D eigenvalue weighted by Crippen LogP contribution is 2.16. The van der Waals surface area contributed by atoms with Crippen molar-refractivity contribution in [3.05, 3.63) is 104 Å². The van der Waals surface area contributed by atoms with Crippen LogP contribution in [0.1, 0.15) is 27.8 Å². The van der Waals surface area contributed by atoms with Crippen molar-refractivity contribution in [1.29, 1.82) is 0 Å². The maximum atomic E-state index is 12.9. The van der Waals surface area contributed by atoms with Gasteiger partial charge in [0.05, 0.1) is 13.0 Å². The van der Waals surface area contributed by atoms with E-state index in [0.29, 0.717) is 28.3 Å². The molecule has 3 aromatic rings. The zero-order valence-corrected chi connectivity index (χ0v) is 18.9. The lowest BCUT2D eigenvalue weighted by molar-refractivity contribution is -0.120. The molecule has 0 saturated carbocycles. The number of aromatic nitrogens is 1. The average molecular weight is 469 g/mol. The first-order valence-corrected chi connectivity index (χ1v) is 10.7. The molecular formula is C24H25ClN4O4. The van der Waals surface area contributed by atoms with Crippen LogP contribution in [0.4, 0.5) is 4.79 Å². The van der Waals surface area contributed by atoms with Crippen LogP contribution in [0.25, 0.3) is 0 Å². The van der Waals surface area contributed by atoms with Gasteiger partial charge in [-0.3, -0.25) is 9.59 Å². The van der Waals surface area contributed by atoms with Gasteiger partial charge >= 0.3 is 6.09 Å². The van der Waals surface area contributed by atoms with Crippen LogP contribution in [-0.4, -0.2) is 21.8 Å². The lowest BCUT2D eigenvalue weighted by Gasteiger charge is -2.14. The van der Waals surface area contributed by atoms with Gasteiger partial charge in [-0.05, 0) is 47.4 Å². The smallest absolute Gasteiger partial charge is 0.404 e. The van der Waals surface area contributed by atoms with Crippen LogP contribution in [-0.2, 0) is 30.8 Å². The van der Waals surface area contributed by atoms with Crippen LogP contribution in [0.15, 0.2) is 65.6 Å². The number of pyridine rings is 1. The fraction of sp³-hybridized carbons (Fsp3) is 0.208. The van der Waals surface area contributed by atoms with E-state index in [0.717, 1.165) is 11.1 Å². The lowest BCUT2D eigenvalue weighted by atomic mass is 10.1. The van der Waals surface area contributed by atoms with E-state index in [-0.39, 0.29) is 31.0 Å². The minimum atomic E-state index is -1.14. The largest absolute Gasteiger partial charge is 0.465 e. The van der Waals surface area contributed by atoms with Gasteiger partial charge < -0.3 is 21.2 Å². The highest BCUT2D eigenvalue weighted by Gasteiger charge is 2.13. The second-order valence-electron chi connectivity index (χ2n) is 7.50. The van der Waals surface area contributed by atoms with Gasteiger partial charge in [0.2, 0.25) is 5.91 Å². The Morgan fingerprint density at radius 3 is 2.42 bits per heavy atom. The Kier molecular flexibility index (Phi) is 8.10. The lowest BCUT2D eigenvalue weighted by Crippen LogP contribution is -2.34. The van der Waals surface area contributed by atoms with Gasteiger partial charge in [0.15, 0.2) is 0 Å². The molecule has 0 fully saturated rings. The molecule has 9 heteroatoms. The Morgan fingerprint density at radius 1 is 0.970 bits per heavy atom. The predicted molar refractivity (Wildman–Crippen MR) is 127 cm³/mol. The van der Waals surface area contributed by atoms with Gasteiger partial charge in [0, 0.05) is 29.9 Å². The normalized spacial score (nSPS) is 10.5. The van der Waals surface area contributed by atoms with Crippen molar-refractivity contribution < 1.29 is 14.7 Å². The second-order valence-corrected chi connectivity index (χ2v) is 7.93. The van der Waals surface area contributed by atoms with Gasteiger partial charge in [-0.15, -0.1) is 0 Å². The highest BCUT2D eigenvalue weighted by atomic mass is 35.5. The van der Waals surface area contributed by atoms with Crippen LogP contribution in [0, 0.1) is 6.92 Å². The molecule has 0 atom stereocenters. The first kappa shape index (κ1) is 23.9. The first-order chi connectivity index (χ1) is 15.8. The number of nitrogens with one attached hydrogen (secondary N) is 3. The molecule has 1 heterocycles. The summed E-state index contributed by atoms with van der Waals surface area (Å²) < 4.78 is 1.38. The summed E-state index contributed by atoms with van der Waals surface area (Å²) in [7, 11) is 0. The van der Waals surface area contributed by atoms with E-state index in [1.54, 1.807) is 37.4 Å². The molecule has 2 amide bonds. The molecule has 8 nitrogen and oxygen atoms in total. The Morgan fingerprint density at radius 2 is 1.70 bits per heavy atom. The second kappa shape index (κ2) is 11.2. The van der Waals surface area contributed by atoms with Gasteiger partial charge in [0.25, 0.3) is 5.56 Å². The molecule has 2 aromatic carbocycles. The number of benzene rings is 2. The number of nitrogens with zero attached hydrogens (tertiary/aromatic N) is 1. The molecule has 172 valence electrons. The number of halogens is 1. The summed E-state index contributed by atoms with van der Waals surface area (Å²) >= 11 is 6.06. The van der Waals surface area contributed by atoms with Crippen LogP contribution < -0.4 is 21.6 Å². The Balaban J connectivity index is 1.66. The van der Waals surface area contributed by atoms with E-state index in [1.807, 2.05) is 30.3 Å². The van der Waals surface area contributed by atoms with Gasteiger partial charge in [0.1, 0.15) is 0 Å². The van der Waals surface area contributed by atoms with Crippen LogP contribution in [0.3, 0.4) is 0 Å². The molecule has 0 radical (unpaired) electrons. The van der Waals surface area contributed by atoms with E-state index in [1.165, 1.54) is 4.68 Å². The molecule has 0 aliphatic heterocycles. The summed E-state index contributed by atoms with van der Waals surface area (Å²) in [4.78, 5) is 36.3. The third kappa shape index (κ3) is 6.85. The van der Waals surface area contributed by atoms with Crippen molar-refractivity contribution in [3.8, 4) is 0 Å². The summed E-state index contributed by atoms with van der Waals surface area (Å²) in [5, 5.41) is 14.4. The molecule has 0 saturated heterocycles. The van der Waals surface area contributed by atoms with Crippen LogP contribution in [0.2, 0.25) is 5.02 Å². The molecule has 0 spiro atoms. The van der Waals surface area contributed by atoms with E-state index >= 15 is 0 Å². The number of carboxylic acid groups (broad SMARTS) is 1. The number of carbonyl (C=O) groups excluding carboxylic acids is 1. The maximum absolute atomic E-state index is 12.9. The number of carbonyl (C=O) groups is 2. The van der Waals surface area contributed by atoms with Crippen molar-refractivity contribution >= 4 is 23.6 Å².